The Labute approximate surface area is 261 Å². The maximum atomic E-state index is 13.6. The predicted molar refractivity (Wildman–Crippen MR) is 149 cm³/mol. The molecule has 0 aliphatic carbocycles. The molecule has 0 saturated carbocycles. The maximum Gasteiger partial charge on any atom is 0.416 e. The van der Waals surface area contributed by atoms with Crippen molar-refractivity contribution >= 4 is 17.6 Å². The number of hydrogen-bond acceptors (Lipinski definition) is 9. The summed E-state index contributed by atoms with van der Waals surface area (Å²) in [5.41, 5.74) is 0.233. The number of nitrogens with zero attached hydrogens (tertiary/aromatic N) is 7. The maximum absolute atomic E-state index is 13.6. The molecule has 4 aromatic rings. The minimum Gasteiger partial charge on any atom is -1.00 e. The van der Waals surface area contributed by atoms with Crippen LogP contribution in [0, 0.1) is 11.3 Å². The Bertz CT molecular complexity index is 1840. The molecule has 1 atom stereocenters. The zero-order valence-electron chi connectivity index (χ0n) is 24.6. The lowest BCUT2D eigenvalue weighted by atomic mass is 9.89. The Kier molecular flexibility index (Phi) is 9.22. The number of anilines is 2. The van der Waals surface area contributed by atoms with Crippen LogP contribution in [-0.4, -0.2) is 63.2 Å². The predicted octanol–water partition coefficient (Wildman–Crippen LogP) is 0.856. The van der Waals surface area contributed by atoms with Crippen LogP contribution in [0.3, 0.4) is 0 Å². The fourth-order valence-electron chi connectivity index (χ4n) is 5.37. The van der Waals surface area contributed by atoms with Crippen LogP contribution in [0.5, 0.6) is 0 Å². The Morgan fingerprint density at radius 3 is 2.62 bits per heavy atom. The van der Waals surface area contributed by atoms with Crippen molar-refractivity contribution in [2.45, 2.75) is 32.1 Å². The zero-order chi connectivity index (χ0) is 31.8. The number of carbonyl (C=O) groups is 1. The van der Waals surface area contributed by atoms with E-state index in [1.807, 2.05) is 14.1 Å². The number of aromatic nitrogens is 5. The number of nitriles is 1. The number of rotatable bonds is 8. The molecule has 1 aliphatic heterocycles. The molecule has 16 heteroatoms. The lowest BCUT2D eigenvalue weighted by Crippen LogP contribution is -3.00. The summed E-state index contributed by atoms with van der Waals surface area (Å²) in [5.74, 6) is -0.359. The van der Waals surface area contributed by atoms with E-state index in [2.05, 4.69) is 26.5 Å². The van der Waals surface area contributed by atoms with Crippen molar-refractivity contribution in [2.24, 2.45) is 0 Å². The number of fused-ring (bicyclic) bond motifs is 1. The van der Waals surface area contributed by atoms with E-state index in [0.717, 1.165) is 12.1 Å². The van der Waals surface area contributed by atoms with Crippen molar-refractivity contribution in [1.29, 1.82) is 5.26 Å². The van der Waals surface area contributed by atoms with Gasteiger partial charge in [0.05, 0.1) is 50.5 Å². The quantitative estimate of drug-likeness (QED) is 0.218. The summed E-state index contributed by atoms with van der Waals surface area (Å²) in [4.78, 5) is 28.1. The number of halogens is 4. The number of ether oxygens (including phenoxy) is 1. The number of benzene rings is 2. The molecule has 0 amide bonds. The first-order chi connectivity index (χ1) is 20.8. The molecule has 0 fully saturated rings. The van der Waals surface area contributed by atoms with Gasteiger partial charge in [-0.3, -0.25) is 4.90 Å². The van der Waals surface area contributed by atoms with E-state index >= 15 is 0 Å². The fraction of sp³-hybridized carbons (Fsp3) is 0.310. The van der Waals surface area contributed by atoms with Crippen LogP contribution >= 0.6 is 0 Å². The Balaban J connectivity index is 0.00000461. The van der Waals surface area contributed by atoms with Crippen molar-refractivity contribution in [1.82, 2.24) is 25.0 Å². The number of H-pyrrole nitrogens is 1. The molecule has 12 nitrogen and oxygen atoms in total. The molecule has 0 unspecified atom stereocenters. The van der Waals surface area contributed by atoms with Gasteiger partial charge in [-0.1, -0.05) is 12.1 Å². The largest absolute Gasteiger partial charge is 1.00 e. The van der Waals surface area contributed by atoms with Gasteiger partial charge in [-0.25, -0.2) is 19.3 Å². The summed E-state index contributed by atoms with van der Waals surface area (Å²) in [6, 6.07) is 10.5. The van der Waals surface area contributed by atoms with Crippen LogP contribution in [0.1, 0.15) is 41.1 Å². The molecule has 0 saturated heterocycles. The second-order valence-electron chi connectivity index (χ2n) is 10.9. The number of esters is 1. The van der Waals surface area contributed by atoms with Gasteiger partial charge in [0, 0.05) is 17.8 Å². The van der Waals surface area contributed by atoms with E-state index in [9.17, 15) is 28.0 Å². The lowest BCUT2D eigenvalue weighted by Gasteiger charge is -2.36. The first kappa shape index (κ1) is 33.0. The third kappa shape index (κ3) is 6.47. The second kappa shape index (κ2) is 12.6. The molecule has 1 aliphatic rings. The molecule has 2 aromatic heterocycles. The van der Waals surface area contributed by atoms with Crippen LogP contribution < -0.4 is 23.0 Å². The number of nitrogens with one attached hydrogen (secondary N) is 1. The highest BCUT2D eigenvalue weighted by Crippen LogP contribution is 2.43. The third-order valence-electron chi connectivity index (χ3n) is 7.50. The number of hydrogen-bond donors (Lipinski definition) is 1. The monoisotopic (exact) mass is 644 g/mol. The highest BCUT2D eigenvalue weighted by molar-refractivity contribution is 5.93. The lowest BCUT2D eigenvalue weighted by molar-refractivity contribution is -0.904. The van der Waals surface area contributed by atoms with E-state index in [-0.39, 0.29) is 35.3 Å². The zero-order valence-corrected chi connectivity index (χ0v) is 25.3. The van der Waals surface area contributed by atoms with Crippen molar-refractivity contribution in [3.8, 4) is 6.07 Å². The first-order valence-electron chi connectivity index (χ1n) is 13.4. The highest BCUT2D eigenvalue weighted by atomic mass is 35.5. The van der Waals surface area contributed by atoms with Crippen LogP contribution in [0.4, 0.5) is 24.8 Å². The van der Waals surface area contributed by atoms with Gasteiger partial charge in [0.2, 0.25) is 12.3 Å². The molecular weight excluding hydrogens is 617 g/mol. The summed E-state index contributed by atoms with van der Waals surface area (Å²) in [5, 5.41) is 23.9. The van der Waals surface area contributed by atoms with Gasteiger partial charge in [0.25, 0.3) is 5.89 Å². The smallest absolute Gasteiger partial charge is 0.416 e. The molecule has 1 N–H and O–H groups in total. The summed E-state index contributed by atoms with van der Waals surface area (Å²) in [7, 11) is 5.11. The molecule has 3 heterocycles. The molecule has 2 aromatic carbocycles. The van der Waals surface area contributed by atoms with Gasteiger partial charge in [0.15, 0.2) is 6.54 Å². The van der Waals surface area contributed by atoms with Crippen molar-refractivity contribution in [2.75, 3.05) is 32.6 Å². The van der Waals surface area contributed by atoms with Crippen molar-refractivity contribution in [3.05, 3.63) is 98.8 Å². The number of allylic oxidation sites excluding steroid dienone is 1. The molecule has 0 spiro atoms. The second-order valence-corrected chi connectivity index (χ2v) is 10.9. The van der Waals surface area contributed by atoms with Gasteiger partial charge in [-0.15, -0.1) is 15.3 Å². The van der Waals surface area contributed by atoms with Crippen LogP contribution in [0.15, 0.2) is 69.3 Å². The first-order valence-corrected chi connectivity index (χ1v) is 13.4. The Hall–Kier alpha value is -4.94. The van der Waals surface area contributed by atoms with Crippen molar-refractivity contribution < 1.29 is 44.0 Å². The van der Waals surface area contributed by atoms with E-state index in [4.69, 9.17) is 9.15 Å². The molecule has 0 bridgehead atoms. The van der Waals surface area contributed by atoms with Gasteiger partial charge in [-0.05, 0) is 48.4 Å². The standard InChI is InChI=1S/C29H27F3N8O4.ClH/c1-17-24(26(41)43-4)25(39-27(36-37-28(39)42)38(17)21-7-5-6-20(13-21)29(30,31)32)22-9-8-18(14-33)12-19(22)10-11-40(2,3)15-23-35-34-16-44-23;/h5-9,12-13,16,25H,10-11,15H2,1-4H3;1H/t25-;/m1./s1. The molecule has 5 rings (SSSR count). The average molecular weight is 645 g/mol. The number of alkyl halides is 3. The minimum absolute atomic E-state index is 0. The normalized spacial score (nSPS) is 14.9. The van der Waals surface area contributed by atoms with E-state index in [1.165, 1.54) is 35.1 Å². The molecule has 45 heavy (non-hydrogen) atoms. The molecular formula is C29H28ClF3N8O4. The molecule has 0 radical (unpaired) electrons. The minimum atomic E-state index is -4.63. The summed E-state index contributed by atoms with van der Waals surface area (Å²) in [6.07, 6.45) is -2.97. The van der Waals surface area contributed by atoms with Crippen LogP contribution in [-0.2, 0) is 28.7 Å². The van der Waals surface area contributed by atoms with E-state index in [1.54, 1.807) is 25.1 Å². The Morgan fingerprint density at radius 2 is 1.98 bits per heavy atom. The van der Waals surface area contributed by atoms with E-state index in [0.29, 0.717) is 46.6 Å². The van der Waals surface area contributed by atoms with Crippen molar-refractivity contribution in [3.63, 3.8) is 0 Å². The SMILES string of the molecule is COC(=O)C1=C(C)N(c2cccc(C(F)(F)F)c2)c2n[nH]c(=O)n2[C@@H]1c1ccc(C#N)cc1CC[N+](C)(C)Cc1nnco1.[Cl-]. The number of quaternary nitrogens is 1. The van der Waals surface area contributed by atoms with E-state index < -0.39 is 29.4 Å². The highest BCUT2D eigenvalue weighted by Gasteiger charge is 2.41. The van der Waals surface area contributed by atoms with Gasteiger partial charge < -0.3 is 26.0 Å². The van der Waals surface area contributed by atoms with Crippen LogP contribution in [0.25, 0.3) is 0 Å². The number of carbonyl (C=O) groups excluding carboxylic acids is 1. The summed E-state index contributed by atoms with van der Waals surface area (Å²) >= 11 is 0. The molecule has 236 valence electrons. The van der Waals surface area contributed by atoms with Gasteiger partial charge in [-0.2, -0.15) is 18.4 Å². The van der Waals surface area contributed by atoms with Gasteiger partial charge >= 0.3 is 17.8 Å². The average Bonchev–Trinajstić information content (AvgIpc) is 3.63. The summed E-state index contributed by atoms with van der Waals surface area (Å²) < 4.78 is 53.0. The number of methoxy groups -OCH3 is 1. The number of likely N-dealkylation sites (N-methyl/N-ethyl adjacent to an activating group) is 1. The topological polar surface area (TPSA) is 143 Å². The van der Waals surface area contributed by atoms with Gasteiger partial charge in [0.1, 0.15) is 6.04 Å². The van der Waals surface area contributed by atoms with Crippen LogP contribution in [0.2, 0.25) is 0 Å². The third-order valence-corrected chi connectivity index (χ3v) is 7.50. The summed E-state index contributed by atoms with van der Waals surface area (Å²) in [6.45, 7) is 2.52. The number of aromatic amines is 1. The Morgan fingerprint density at radius 1 is 1.22 bits per heavy atom. The fourth-order valence-corrected chi connectivity index (χ4v) is 5.37.